The largest absolute Gasteiger partial charge is 0.309 e. The van der Waals surface area contributed by atoms with Crippen molar-refractivity contribution >= 4 is 43.6 Å². The average molecular weight is 682 g/mol. The number of rotatable bonds is 5. The molecule has 5 heteroatoms. The zero-order valence-electron chi connectivity index (χ0n) is 53.7. The van der Waals surface area contributed by atoms with E-state index in [1.165, 1.54) is 6.92 Å². The first-order valence-electron chi connectivity index (χ1n) is 28.9. The van der Waals surface area contributed by atoms with Gasteiger partial charge in [-0.15, -0.1) is 0 Å². The van der Waals surface area contributed by atoms with Crippen LogP contribution in [-0.2, 0) is 0 Å². The molecule has 0 saturated carbocycles. The van der Waals surface area contributed by atoms with Crippen LogP contribution in [0.15, 0.2) is 169 Å². The van der Waals surface area contributed by atoms with Gasteiger partial charge in [-0.2, -0.15) is 0 Å². The van der Waals surface area contributed by atoms with Gasteiger partial charge in [0.15, 0.2) is 17.5 Å². The third-order valence-corrected chi connectivity index (χ3v) is 7.79. The summed E-state index contributed by atoms with van der Waals surface area (Å²) in [5.74, 6) is -2.35. The summed E-state index contributed by atoms with van der Waals surface area (Å²) in [4.78, 5) is 12.8. The molecule has 5 nitrogen and oxygen atoms in total. The lowest BCUT2D eigenvalue weighted by molar-refractivity contribution is 1.07. The quantitative estimate of drug-likeness (QED) is 0.182. The Labute approximate surface area is 334 Å². The van der Waals surface area contributed by atoms with Crippen LogP contribution in [0.25, 0.3) is 89.2 Å². The van der Waals surface area contributed by atoms with Crippen molar-refractivity contribution < 1.29 is 38.4 Å². The molecule has 0 atom stereocenters. The van der Waals surface area contributed by atoms with Crippen LogP contribution in [0, 0.1) is 6.92 Å². The minimum Gasteiger partial charge on any atom is -0.309 e. The van der Waals surface area contributed by atoms with Gasteiger partial charge < -0.3 is 9.13 Å². The molecule has 0 fully saturated rings. The molecule has 0 N–H and O–H groups in total. The number of fused-ring (bicyclic) bond motifs is 6. The molecular formula is C46H31N5. The zero-order valence-corrected chi connectivity index (χ0v) is 25.7. The Bertz CT molecular complexity index is 4290. The predicted octanol–water partition coefficient (Wildman–Crippen LogP) is 11.4. The first kappa shape index (κ1) is 12.5. The van der Waals surface area contributed by atoms with Gasteiger partial charge in [0.25, 0.3) is 0 Å². The van der Waals surface area contributed by atoms with Crippen LogP contribution in [0.2, 0.25) is 0 Å². The van der Waals surface area contributed by atoms with E-state index in [2.05, 4.69) is 15.0 Å². The number of hydrogen-bond acceptors (Lipinski definition) is 3. The summed E-state index contributed by atoms with van der Waals surface area (Å²) in [7, 11) is 0. The lowest BCUT2D eigenvalue weighted by Crippen LogP contribution is -2.00. The van der Waals surface area contributed by atoms with Crippen molar-refractivity contribution in [1.29, 1.82) is 0 Å². The topological polar surface area (TPSA) is 48.5 Å². The van der Waals surface area contributed by atoms with E-state index in [9.17, 15) is 12.3 Å². The van der Waals surface area contributed by atoms with Crippen molar-refractivity contribution in [3.8, 4) is 45.5 Å². The fraction of sp³-hybridized carbons (Fsp3) is 0.0217. The van der Waals surface area contributed by atoms with E-state index >= 15 is 0 Å². The summed E-state index contributed by atoms with van der Waals surface area (Å²) in [5.41, 5.74) is -6.36. The lowest BCUT2D eigenvalue weighted by Gasteiger charge is -2.11. The normalized spacial score (nSPS) is 19.3. The first-order chi connectivity index (χ1) is 36.9. The molecule has 0 amide bonds. The van der Waals surface area contributed by atoms with Gasteiger partial charge in [-0.25, -0.2) is 15.0 Å². The Kier molecular flexibility index (Phi) is 2.85. The Hall–Kier alpha value is -6.85. The highest BCUT2D eigenvalue weighted by atomic mass is 15.0. The molecule has 0 aliphatic heterocycles. The van der Waals surface area contributed by atoms with Crippen LogP contribution in [0.5, 0.6) is 0 Å². The number of benzene rings is 7. The number of aromatic nitrogens is 5. The van der Waals surface area contributed by atoms with E-state index in [-0.39, 0.29) is 5.56 Å². The molecule has 10 rings (SSSR count). The second-order valence-corrected chi connectivity index (χ2v) is 10.8. The summed E-state index contributed by atoms with van der Waals surface area (Å²) in [5, 5.41) is -2.15. The van der Waals surface area contributed by atoms with Crippen molar-refractivity contribution in [2.45, 2.75) is 6.92 Å². The minimum absolute atomic E-state index is 0.0930. The van der Waals surface area contributed by atoms with E-state index in [1.807, 2.05) is 0 Å². The maximum Gasteiger partial charge on any atom is 0.164 e. The highest BCUT2D eigenvalue weighted by Crippen LogP contribution is 2.37. The number of nitrogens with zero attached hydrogens (tertiary/aromatic N) is 5. The fourth-order valence-electron chi connectivity index (χ4n) is 5.57. The molecular weight excluding hydrogens is 623 g/mol. The number of hydrogen-bond donors (Lipinski definition) is 0. The zero-order chi connectivity index (χ0) is 58.3. The van der Waals surface area contributed by atoms with Gasteiger partial charge in [-0.05, 0) is 67.3 Å². The lowest BCUT2D eigenvalue weighted by atomic mass is 10.1. The van der Waals surface area contributed by atoms with Gasteiger partial charge in [-0.3, -0.25) is 0 Å². The Morgan fingerprint density at radius 2 is 0.765 bits per heavy atom. The SMILES string of the molecule is [2H]c1c([2H])c([2H])c(-c2nc(-c3c([2H])c([2H])c(C)c([2H])c3[2H])nc(-c3c([2H])c([2H])c(-n4c5c([2H])c([2H])c([2H])c([2H])c5c5c([2H])c(-n6c7c([2H])c([2H])c([2H])c([2H])c7c7c([2H])c([2H])c([2H])c([2H])c76)c([2H])c([2H])c54)c([2H])c3[2H])n2)c([2H])c1[2H]. The Morgan fingerprint density at radius 1 is 0.373 bits per heavy atom. The highest BCUT2D eigenvalue weighted by molar-refractivity contribution is 6.12. The molecule has 51 heavy (non-hydrogen) atoms. The van der Waals surface area contributed by atoms with Gasteiger partial charge in [0, 0.05) is 49.6 Å². The third-order valence-electron chi connectivity index (χ3n) is 7.79. The van der Waals surface area contributed by atoms with Crippen molar-refractivity contribution in [2.24, 2.45) is 0 Å². The van der Waals surface area contributed by atoms with Crippen LogP contribution in [0.1, 0.15) is 43.9 Å². The smallest absolute Gasteiger partial charge is 0.164 e. The molecule has 10 aromatic rings. The Balaban J connectivity index is 1.36. The first-order valence-corrected chi connectivity index (χ1v) is 14.9. The molecule has 0 unspecified atom stereocenters. The van der Waals surface area contributed by atoms with E-state index < -0.39 is 258 Å². The Morgan fingerprint density at radius 3 is 1.31 bits per heavy atom. The summed E-state index contributed by atoms with van der Waals surface area (Å²) in [6, 6.07) is -24.3. The average Bonchev–Trinajstić information content (AvgIpc) is 3.96. The van der Waals surface area contributed by atoms with E-state index in [1.54, 1.807) is 0 Å². The van der Waals surface area contributed by atoms with Crippen LogP contribution in [0.3, 0.4) is 0 Å². The van der Waals surface area contributed by atoms with Gasteiger partial charge in [0.05, 0.1) is 60.4 Å². The van der Waals surface area contributed by atoms with Crippen molar-refractivity contribution in [1.82, 2.24) is 24.1 Å². The molecule has 7 aromatic carbocycles. The summed E-state index contributed by atoms with van der Waals surface area (Å²) in [6.45, 7) is 1.30. The van der Waals surface area contributed by atoms with Crippen LogP contribution in [0.4, 0.5) is 0 Å². The van der Waals surface area contributed by atoms with Crippen molar-refractivity contribution in [3.63, 3.8) is 0 Å². The summed E-state index contributed by atoms with van der Waals surface area (Å²) in [6.07, 6.45) is 0. The molecule has 240 valence electrons. The maximum atomic E-state index is 9.87. The van der Waals surface area contributed by atoms with Gasteiger partial charge >= 0.3 is 0 Å². The fourth-order valence-corrected chi connectivity index (χ4v) is 5.57. The second-order valence-electron chi connectivity index (χ2n) is 10.8. The second kappa shape index (κ2) is 11.6. The molecule has 3 aromatic heterocycles. The molecule has 0 saturated heterocycles. The molecule has 0 radical (unpaired) electrons. The van der Waals surface area contributed by atoms with Gasteiger partial charge in [0.1, 0.15) is 0 Å². The van der Waals surface area contributed by atoms with E-state index in [4.69, 9.17) is 26.0 Å². The molecule has 0 aliphatic carbocycles. The minimum atomic E-state index is -1.08. The predicted molar refractivity (Wildman–Crippen MR) is 210 cm³/mol. The van der Waals surface area contributed by atoms with Crippen LogP contribution in [-0.4, -0.2) is 24.1 Å². The van der Waals surface area contributed by atoms with Crippen molar-refractivity contribution in [3.05, 3.63) is 175 Å². The van der Waals surface area contributed by atoms with E-state index in [0.29, 0.717) is 4.57 Å². The van der Waals surface area contributed by atoms with Crippen LogP contribution >= 0.6 is 0 Å². The van der Waals surface area contributed by atoms with Crippen LogP contribution < -0.4 is 0 Å². The van der Waals surface area contributed by atoms with E-state index in [0.717, 1.165) is 4.57 Å². The third kappa shape index (κ3) is 4.82. The molecule has 0 spiro atoms. The summed E-state index contributed by atoms with van der Waals surface area (Å²) < 4.78 is 251. The van der Waals surface area contributed by atoms with Gasteiger partial charge in [0.2, 0.25) is 0 Å². The standard InChI is InChI=1S/C46H31N5/c1-30-19-21-32(22-20-30)45-47-44(31-11-3-2-4-12-31)48-46(49-45)33-23-25-34(26-24-33)50-42-18-10-7-15-38(42)39-29-35(27-28-43(39)50)51-40-16-8-5-13-36(40)37-14-6-9-17-41(37)51/h2-29H,1H3/i2D,3D,4D,5D,6D,7D,8D,9D,10D,11D,12D,13D,14D,15D,16D,17D,18D,19D,20D,21D,22D,23D,24D,25D,26D,27D,28D,29D. The number of para-hydroxylation sites is 3. The van der Waals surface area contributed by atoms with Gasteiger partial charge in [-0.1, -0.05) is 114 Å². The molecule has 0 bridgehead atoms. The maximum absolute atomic E-state index is 9.87. The van der Waals surface area contributed by atoms with Crippen molar-refractivity contribution in [2.75, 3.05) is 0 Å². The molecule has 3 heterocycles. The highest BCUT2D eigenvalue weighted by Gasteiger charge is 2.17. The monoisotopic (exact) mass is 681 g/mol. The summed E-state index contributed by atoms with van der Waals surface area (Å²) >= 11 is 0. The molecule has 0 aliphatic rings.